The van der Waals surface area contributed by atoms with Crippen LogP contribution in [0.15, 0.2) is 42.5 Å². The van der Waals surface area contributed by atoms with E-state index in [9.17, 15) is 9.50 Å². The van der Waals surface area contributed by atoms with Crippen LogP contribution in [0.4, 0.5) is 10.1 Å². The van der Waals surface area contributed by atoms with Crippen LogP contribution in [-0.2, 0) is 0 Å². The maximum atomic E-state index is 13.4. The SMILES string of the molecule is N#Cc1cc(F)c(Cl)cc1N[C@H](CCO)c1ccccc1. The number of aliphatic hydroxyl groups excluding tert-OH is 1. The molecule has 108 valence electrons. The molecule has 21 heavy (non-hydrogen) atoms. The molecule has 3 nitrogen and oxygen atoms in total. The number of nitriles is 1. The quantitative estimate of drug-likeness (QED) is 0.881. The Bertz CT molecular complexity index is 655. The molecule has 5 heteroatoms. The second-order valence-electron chi connectivity index (χ2n) is 4.54. The Balaban J connectivity index is 2.34. The topological polar surface area (TPSA) is 56.0 Å². The summed E-state index contributed by atoms with van der Waals surface area (Å²) in [5.41, 5.74) is 1.60. The fourth-order valence-corrected chi connectivity index (χ4v) is 2.25. The second-order valence-corrected chi connectivity index (χ2v) is 4.95. The summed E-state index contributed by atoms with van der Waals surface area (Å²) in [5.74, 6) is -0.628. The molecule has 0 spiro atoms. The smallest absolute Gasteiger partial charge is 0.143 e. The zero-order valence-corrected chi connectivity index (χ0v) is 11.9. The third kappa shape index (κ3) is 3.72. The van der Waals surface area contributed by atoms with Gasteiger partial charge in [-0.25, -0.2) is 4.39 Å². The predicted octanol–water partition coefficient (Wildman–Crippen LogP) is 3.89. The van der Waals surface area contributed by atoms with Gasteiger partial charge >= 0.3 is 0 Å². The van der Waals surface area contributed by atoms with Gasteiger partial charge in [0.2, 0.25) is 0 Å². The lowest BCUT2D eigenvalue weighted by Crippen LogP contribution is -2.13. The molecule has 0 aromatic heterocycles. The fraction of sp³-hybridized carbons (Fsp3) is 0.188. The highest BCUT2D eigenvalue weighted by molar-refractivity contribution is 6.31. The number of rotatable bonds is 5. The van der Waals surface area contributed by atoms with Crippen molar-refractivity contribution in [1.82, 2.24) is 0 Å². The minimum absolute atomic E-state index is 0.0105. The first-order chi connectivity index (χ1) is 10.2. The van der Waals surface area contributed by atoms with E-state index in [1.165, 1.54) is 6.07 Å². The van der Waals surface area contributed by atoms with Gasteiger partial charge in [-0.3, -0.25) is 0 Å². The maximum Gasteiger partial charge on any atom is 0.143 e. The number of nitrogens with zero attached hydrogens (tertiary/aromatic N) is 1. The molecule has 0 bridgehead atoms. The van der Waals surface area contributed by atoms with E-state index in [2.05, 4.69) is 5.32 Å². The zero-order valence-electron chi connectivity index (χ0n) is 11.2. The molecule has 2 rings (SSSR count). The number of hydrogen-bond acceptors (Lipinski definition) is 3. The number of benzene rings is 2. The zero-order chi connectivity index (χ0) is 15.2. The van der Waals surface area contributed by atoms with E-state index in [0.29, 0.717) is 12.1 Å². The molecule has 0 radical (unpaired) electrons. The minimum atomic E-state index is -0.628. The van der Waals surface area contributed by atoms with Crippen LogP contribution in [0.3, 0.4) is 0 Å². The lowest BCUT2D eigenvalue weighted by Gasteiger charge is -2.20. The summed E-state index contributed by atoms with van der Waals surface area (Å²) in [6, 6.07) is 13.8. The molecule has 0 amide bonds. The second kappa shape index (κ2) is 7.07. The molecular weight excluding hydrogens is 291 g/mol. The number of anilines is 1. The number of aliphatic hydroxyl groups is 1. The van der Waals surface area contributed by atoms with Gasteiger partial charge in [-0.2, -0.15) is 5.26 Å². The number of halogens is 2. The monoisotopic (exact) mass is 304 g/mol. The lowest BCUT2D eigenvalue weighted by molar-refractivity contribution is 0.280. The number of nitrogens with one attached hydrogen (secondary N) is 1. The molecule has 1 atom stereocenters. The van der Waals surface area contributed by atoms with Crippen LogP contribution in [0, 0.1) is 17.1 Å². The van der Waals surface area contributed by atoms with E-state index in [1.54, 1.807) is 0 Å². The van der Waals surface area contributed by atoms with Crippen LogP contribution in [-0.4, -0.2) is 11.7 Å². The first-order valence-electron chi connectivity index (χ1n) is 6.47. The Morgan fingerprint density at radius 1 is 1.29 bits per heavy atom. The first kappa shape index (κ1) is 15.3. The fourth-order valence-electron chi connectivity index (χ4n) is 2.08. The Kier molecular flexibility index (Phi) is 5.15. The van der Waals surface area contributed by atoms with Crippen LogP contribution >= 0.6 is 11.6 Å². The van der Waals surface area contributed by atoms with Crippen molar-refractivity contribution < 1.29 is 9.50 Å². The molecule has 0 saturated carbocycles. The predicted molar refractivity (Wildman–Crippen MR) is 80.6 cm³/mol. The summed E-state index contributed by atoms with van der Waals surface area (Å²) >= 11 is 5.78. The molecule has 0 heterocycles. The van der Waals surface area contributed by atoms with Crippen molar-refractivity contribution in [3.05, 3.63) is 64.4 Å². The van der Waals surface area contributed by atoms with E-state index in [1.807, 2.05) is 36.4 Å². The van der Waals surface area contributed by atoms with Gasteiger partial charge in [0.05, 0.1) is 22.3 Å². The summed E-state index contributed by atoms with van der Waals surface area (Å²) in [6.07, 6.45) is 0.462. The molecule has 0 fully saturated rings. The van der Waals surface area contributed by atoms with Gasteiger partial charge in [-0.05, 0) is 24.1 Å². The third-order valence-corrected chi connectivity index (χ3v) is 3.42. The van der Waals surface area contributed by atoms with E-state index < -0.39 is 5.82 Å². The largest absolute Gasteiger partial charge is 0.396 e. The van der Waals surface area contributed by atoms with E-state index in [0.717, 1.165) is 11.6 Å². The molecular formula is C16H14ClFN2O. The Hall–Kier alpha value is -2.09. The van der Waals surface area contributed by atoms with E-state index >= 15 is 0 Å². The lowest BCUT2D eigenvalue weighted by atomic mass is 10.0. The van der Waals surface area contributed by atoms with Gasteiger partial charge in [0.15, 0.2) is 0 Å². The van der Waals surface area contributed by atoms with Crippen molar-refractivity contribution in [2.45, 2.75) is 12.5 Å². The highest BCUT2D eigenvalue weighted by Crippen LogP contribution is 2.28. The van der Waals surface area contributed by atoms with Crippen LogP contribution < -0.4 is 5.32 Å². The molecule has 0 unspecified atom stereocenters. The van der Waals surface area contributed by atoms with Gasteiger partial charge in [-0.15, -0.1) is 0 Å². The molecule has 2 aromatic rings. The standard InChI is InChI=1S/C16H14ClFN2O/c17-13-9-16(12(10-19)8-14(13)18)20-15(6-7-21)11-4-2-1-3-5-11/h1-5,8-9,15,20-21H,6-7H2/t15-/m1/s1. The van der Waals surface area contributed by atoms with Gasteiger partial charge in [0.1, 0.15) is 11.9 Å². The van der Waals surface area contributed by atoms with E-state index in [4.69, 9.17) is 16.9 Å². The van der Waals surface area contributed by atoms with Gasteiger partial charge in [0.25, 0.3) is 0 Å². The molecule has 0 saturated heterocycles. The van der Waals surface area contributed by atoms with Crippen molar-refractivity contribution in [3.8, 4) is 6.07 Å². The van der Waals surface area contributed by atoms with Crippen molar-refractivity contribution in [3.63, 3.8) is 0 Å². The minimum Gasteiger partial charge on any atom is -0.396 e. The highest BCUT2D eigenvalue weighted by atomic mass is 35.5. The summed E-state index contributed by atoms with van der Waals surface area (Å²) in [5, 5.41) is 21.4. The molecule has 0 aliphatic heterocycles. The molecule has 2 N–H and O–H groups in total. The van der Waals surface area contributed by atoms with Gasteiger partial charge in [0, 0.05) is 6.61 Å². The van der Waals surface area contributed by atoms with Crippen molar-refractivity contribution in [2.75, 3.05) is 11.9 Å². The average Bonchev–Trinajstić information content (AvgIpc) is 2.51. The first-order valence-corrected chi connectivity index (χ1v) is 6.85. The van der Waals surface area contributed by atoms with Crippen molar-refractivity contribution >= 4 is 17.3 Å². The maximum absolute atomic E-state index is 13.4. The summed E-state index contributed by atoms with van der Waals surface area (Å²) in [7, 11) is 0. The Morgan fingerprint density at radius 3 is 2.62 bits per heavy atom. The van der Waals surface area contributed by atoms with Crippen LogP contribution in [0.2, 0.25) is 5.02 Å². The third-order valence-electron chi connectivity index (χ3n) is 3.13. The highest BCUT2D eigenvalue weighted by Gasteiger charge is 2.15. The number of hydrogen-bond donors (Lipinski definition) is 2. The van der Waals surface area contributed by atoms with Crippen LogP contribution in [0.1, 0.15) is 23.6 Å². The Morgan fingerprint density at radius 2 is 2.00 bits per heavy atom. The molecule has 0 aliphatic rings. The summed E-state index contributed by atoms with van der Waals surface area (Å²) in [6.45, 7) is -0.0105. The van der Waals surface area contributed by atoms with Crippen molar-refractivity contribution in [2.24, 2.45) is 0 Å². The van der Waals surface area contributed by atoms with Crippen molar-refractivity contribution in [1.29, 1.82) is 5.26 Å². The van der Waals surface area contributed by atoms with E-state index in [-0.39, 0.29) is 23.2 Å². The molecule has 0 aliphatic carbocycles. The average molecular weight is 305 g/mol. The van der Waals surface area contributed by atoms with Gasteiger partial charge in [-0.1, -0.05) is 41.9 Å². The summed E-state index contributed by atoms with van der Waals surface area (Å²) in [4.78, 5) is 0. The van der Waals surface area contributed by atoms with Gasteiger partial charge < -0.3 is 10.4 Å². The molecule has 2 aromatic carbocycles. The summed E-state index contributed by atoms with van der Waals surface area (Å²) < 4.78 is 13.4. The van der Waals surface area contributed by atoms with Crippen LogP contribution in [0.5, 0.6) is 0 Å². The Labute approximate surface area is 127 Å². The van der Waals surface area contributed by atoms with Crippen LogP contribution in [0.25, 0.3) is 0 Å². The normalized spacial score (nSPS) is 11.7.